The Kier molecular flexibility index (Phi) is 4.94. The Morgan fingerprint density at radius 3 is 2.62 bits per heavy atom. The van der Waals surface area contributed by atoms with Crippen LogP contribution < -0.4 is 5.32 Å². The van der Waals surface area contributed by atoms with E-state index in [1.807, 2.05) is 30.3 Å². The monoisotopic (exact) mass is 374 g/mol. The van der Waals surface area contributed by atoms with Crippen LogP contribution in [-0.4, -0.2) is 20.6 Å². The van der Waals surface area contributed by atoms with Crippen LogP contribution in [0.25, 0.3) is 0 Å². The van der Waals surface area contributed by atoms with E-state index in [0.717, 1.165) is 17.7 Å². The van der Waals surface area contributed by atoms with Gasteiger partial charge < -0.3 is 15.4 Å². The van der Waals surface area contributed by atoms with Gasteiger partial charge in [-0.25, -0.2) is 4.39 Å². The SMILES string of the molecule is O=C(Nc1ccc(F)c(Cl)c1)c1cc([N+](=O)[O-])nn1Cc1ccccc1. The van der Waals surface area contributed by atoms with E-state index in [-0.39, 0.29) is 22.9 Å². The summed E-state index contributed by atoms with van der Waals surface area (Å²) in [7, 11) is 0. The molecule has 0 bridgehead atoms. The van der Waals surface area contributed by atoms with Crippen molar-refractivity contribution in [1.82, 2.24) is 9.78 Å². The van der Waals surface area contributed by atoms with Gasteiger partial charge in [0.2, 0.25) is 0 Å². The summed E-state index contributed by atoms with van der Waals surface area (Å²) in [6, 6.07) is 13.9. The van der Waals surface area contributed by atoms with E-state index in [4.69, 9.17) is 11.6 Å². The van der Waals surface area contributed by atoms with Crippen LogP contribution in [0, 0.1) is 15.9 Å². The Labute approximate surface area is 152 Å². The van der Waals surface area contributed by atoms with Crippen LogP contribution in [0.15, 0.2) is 54.6 Å². The van der Waals surface area contributed by atoms with E-state index in [9.17, 15) is 19.3 Å². The van der Waals surface area contributed by atoms with Crippen molar-refractivity contribution in [2.75, 3.05) is 5.32 Å². The lowest BCUT2D eigenvalue weighted by atomic mass is 10.2. The first-order valence-corrected chi connectivity index (χ1v) is 7.84. The number of aromatic nitrogens is 2. The first kappa shape index (κ1) is 17.6. The third kappa shape index (κ3) is 3.86. The zero-order valence-corrected chi connectivity index (χ0v) is 14.0. The standard InChI is InChI=1S/C17H12ClFN4O3/c18-13-8-12(6-7-14(13)19)20-17(24)15-9-16(23(25)26)21-22(15)10-11-4-2-1-3-5-11/h1-9H,10H2,(H,20,24). The Morgan fingerprint density at radius 2 is 1.96 bits per heavy atom. The van der Waals surface area contributed by atoms with Gasteiger partial charge in [0.05, 0.1) is 22.7 Å². The van der Waals surface area contributed by atoms with Crippen molar-refractivity contribution in [2.24, 2.45) is 0 Å². The summed E-state index contributed by atoms with van der Waals surface area (Å²) >= 11 is 5.69. The number of carbonyl (C=O) groups excluding carboxylic acids is 1. The summed E-state index contributed by atoms with van der Waals surface area (Å²) in [5.74, 6) is -1.68. The molecule has 9 heteroatoms. The third-order valence-corrected chi connectivity index (χ3v) is 3.83. The van der Waals surface area contributed by atoms with Crippen molar-refractivity contribution >= 4 is 29.0 Å². The van der Waals surface area contributed by atoms with Gasteiger partial charge in [-0.05, 0) is 28.7 Å². The second-order valence-corrected chi connectivity index (χ2v) is 5.78. The van der Waals surface area contributed by atoms with Crippen LogP contribution in [0.3, 0.4) is 0 Å². The molecule has 7 nitrogen and oxygen atoms in total. The van der Waals surface area contributed by atoms with E-state index in [1.165, 1.54) is 16.8 Å². The molecular weight excluding hydrogens is 363 g/mol. The Balaban J connectivity index is 1.90. The number of nitro groups is 1. The van der Waals surface area contributed by atoms with Gasteiger partial charge >= 0.3 is 5.82 Å². The Morgan fingerprint density at radius 1 is 1.23 bits per heavy atom. The molecule has 132 valence electrons. The predicted octanol–water partition coefficient (Wildman–Crippen LogP) is 3.88. The number of halogens is 2. The van der Waals surface area contributed by atoms with E-state index < -0.39 is 22.5 Å². The summed E-state index contributed by atoms with van der Waals surface area (Å²) in [6.45, 7) is 0.182. The molecule has 1 amide bonds. The molecule has 0 unspecified atom stereocenters. The molecule has 0 radical (unpaired) electrons. The molecule has 0 aliphatic rings. The van der Waals surface area contributed by atoms with Crippen LogP contribution in [0.4, 0.5) is 15.9 Å². The number of carbonyl (C=O) groups is 1. The van der Waals surface area contributed by atoms with Gasteiger partial charge in [0, 0.05) is 5.69 Å². The van der Waals surface area contributed by atoms with Crippen LogP contribution >= 0.6 is 11.6 Å². The molecule has 0 aliphatic heterocycles. The number of hydrogen-bond acceptors (Lipinski definition) is 4. The van der Waals surface area contributed by atoms with Crippen molar-refractivity contribution in [3.8, 4) is 0 Å². The van der Waals surface area contributed by atoms with Gasteiger partial charge in [0.25, 0.3) is 5.91 Å². The fourth-order valence-corrected chi connectivity index (χ4v) is 2.50. The quantitative estimate of drug-likeness (QED) is 0.542. The van der Waals surface area contributed by atoms with E-state index >= 15 is 0 Å². The lowest BCUT2D eigenvalue weighted by molar-refractivity contribution is -0.389. The first-order valence-electron chi connectivity index (χ1n) is 7.46. The van der Waals surface area contributed by atoms with Gasteiger partial charge in [-0.2, -0.15) is 4.68 Å². The molecule has 0 spiro atoms. The van der Waals surface area contributed by atoms with Gasteiger partial charge in [0.1, 0.15) is 5.82 Å². The summed E-state index contributed by atoms with van der Waals surface area (Å²) in [5.41, 5.74) is 1.09. The average Bonchev–Trinajstić information content (AvgIpc) is 3.03. The van der Waals surface area contributed by atoms with Crippen molar-refractivity contribution in [2.45, 2.75) is 6.54 Å². The minimum absolute atomic E-state index is 0.000926. The normalized spacial score (nSPS) is 10.5. The van der Waals surface area contributed by atoms with Crippen LogP contribution in [0.5, 0.6) is 0 Å². The number of benzene rings is 2. The second-order valence-electron chi connectivity index (χ2n) is 5.37. The first-order chi connectivity index (χ1) is 12.4. The smallest absolute Gasteiger partial charge is 0.358 e. The summed E-state index contributed by atoms with van der Waals surface area (Å²) in [6.07, 6.45) is 0. The maximum absolute atomic E-state index is 13.2. The molecule has 1 aromatic heterocycles. The molecular formula is C17H12ClFN4O3. The van der Waals surface area contributed by atoms with Crippen molar-refractivity contribution in [3.63, 3.8) is 0 Å². The van der Waals surface area contributed by atoms with Crippen molar-refractivity contribution < 1.29 is 14.1 Å². The zero-order valence-electron chi connectivity index (χ0n) is 13.2. The fourth-order valence-electron chi connectivity index (χ4n) is 2.32. The van der Waals surface area contributed by atoms with E-state index in [2.05, 4.69) is 10.4 Å². The average molecular weight is 375 g/mol. The predicted molar refractivity (Wildman–Crippen MR) is 93.8 cm³/mol. The molecule has 3 aromatic rings. The van der Waals surface area contributed by atoms with Gasteiger partial charge in [-0.1, -0.05) is 41.9 Å². The summed E-state index contributed by atoms with van der Waals surface area (Å²) in [4.78, 5) is 22.9. The number of nitrogens with zero attached hydrogens (tertiary/aromatic N) is 3. The molecule has 0 saturated heterocycles. The van der Waals surface area contributed by atoms with E-state index in [0.29, 0.717) is 0 Å². The number of anilines is 1. The number of amides is 1. The Hall–Kier alpha value is -3.26. The lowest BCUT2D eigenvalue weighted by Crippen LogP contribution is -2.18. The van der Waals surface area contributed by atoms with Crippen LogP contribution in [-0.2, 0) is 6.54 Å². The second kappa shape index (κ2) is 7.32. The largest absolute Gasteiger partial charge is 0.390 e. The third-order valence-electron chi connectivity index (χ3n) is 3.54. The molecule has 0 saturated carbocycles. The van der Waals surface area contributed by atoms with Gasteiger partial charge in [-0.15, -0.1) is 0 Å². The number of hydrogen-bond donors (Lipinski definition) is 1. The minimum Gasteiger partial charge on any atom is -0.358 e. The number of nitrogens with one attached hydrogen (secondary N) is 1. The summed E-state index contributed by atoms with van der Waals surface area (Å²) in [5, 5.41) is 17.3. The van der Waals surface area contributed by atoms with Crippen molar-refractivity contribution in [1.29, 1.82) is 0 Å². The molecule has 1 heterocycles. The molecule has 3 rings (SSSR count). The number of rotatable bonds is 5. The molecule has 26 heavy (non-hydrogen) atoms. The zero-order chi connectivity index (χ0) is 18.7. The highest BCUT2D eigenvalue weighted by atomic mass is 35.5. The van der Waals surface area contributed by atoms with Crippen molar-refractivity contribution in [3.05, 3.63) is 86.8 Å². The highest BCUT2D eigenvalue weighted by Crippen LogP contribution is 2.21. The van der Waals surface area contributed by atoms with E-state index in [1.54, 1.807) is 0 Å². The van der Waals surface area contributed by atoms with Crippen LogP contribution in [0.1, 0.15) is 16.1 Å². The summed E-state index contributed by atoms with van der Waals surface area (Å²) < 4.78 is 14.5. The van der Waals surface area contributed by atoms with Gasteiger partial charge in [0.15, 0.2) is 5.69 Å². The maximum Gasteiger partial charge on any atom is 0.390 e. The topological polar surface area (TPSA) is 90.1 Å². The van der Waals surface area contributed by atoms with Gasteiger partial charge in [-0.3, -0.25) is 4.79 Å². The molecule has 1 N–H and O–H groups in total. The molecule has 0 aliphatic carbocycles. The Bertz CT molecular complexity index is 975. The molecule has 0 fully saturated rings. The molecule has 0 atom stereocenters. The molecule has 2 aromatic carbocycles. The highest BCUT2D eigenvalue weighted by Gasteiger charge is 2.23. The minimum atomic E-state index is -0.674. The van der Waals surface area contributed by atoms with Crippen LogP contribution in [0.2, 0.25) is 5.02 Å². The fraction of sp³-hybridized carbons (Fsp3) is 0.0588. The maximum atomic E-state index is 13.2. The lowest BCUT2D eigenvalue weighted by Gasteiger charge is -2.06. The highest BCUT2D eigenvalue weighted by molar-refractivity contribution is 6.31.